The number of carbonyl (C=O) groups excluding carboxylic acids is 3. The molecule has 0 bridgehead atoms. The largest absolute Gasteiger partial charge is 0.481 e. The SMILES string of the molecule is CCC(C)C(NC(=O)C(C)NC(=O)C(N)CS)C(=O)NC(CC(=O)O)C(=O)O. The predicted octanol–water partition coefficient (Wildman–Crippen LogP) is -1.68. The van der Waals surface area contributed by atoms with Crippen molar-refractivity contribution in [2.75, 3.05) is 5.75 Å². The van der Waals surface area contributed by atoms with E-state index >= 15 is 0 Å². The zero-order valence-electron chi connectivity index (χ0n) is 16.0. The van der Waals surface area contributed by atoms with Crippen LogP contribution in [0.4, 0.5) is 0 Å². The van der Waals surface area contributed by atoms with Crippen molar-refractivity contribution < 1.29 is 34.2 Å². The van der Waals surface area contributed by atoms with E-state index in [1.54, 1.807) is 13.8 Å². The zero-order valence-corrected chi connectivity index (χ0v) is 16.9. The Balaban J connectivity index is 5.18. The summed E-state index contributed by atoms with van der Waals surface area (Å²) >= 11 is 3.89. The molecule has 0 aliphatic rings. The van der Waals surface area contributed by atoms with E-state index in [0.29, 0.717) is 6.42 Å². The number of thiol groups is 1. The van der Waals surface area contributed by atoms with Crippen LogP contribution < -0.4 is 21.7 Å². The Bertz CT molecular complexity index is 602. The molecule has 5 atom stereocenters. The second kappa shape index (κ2) is 12.2. The van der Waals surface area contributed by atoms with Crippen molar-refractivity contribution in [3.63, 3.8) is 0 Å². The molecule has 0 aliphatic heterocycles. The molecule has 0 saturated heterocycles. The highest BCUT2D eigenvalue weighted by Gasteiger charge is 2.32. The van der Waals surface area contributed by atoms with Crippen LogP contribution in [0.1, 0.15) is 33.6 Å². The number of carbonyl (C=O) groups is 5. The minimum absolute atomic E-state index is 0.0816. The van der Waals surface area contributed by atoms with Gasteiger partial charge in [0.05, 0.1) is 12.5 Å². The van der Waals surface area contributed by atoms with Crippen LogP contribution in [0.15, 0.2) is 0 Å². The molecule has 0 spiro atoms. The summed E-state index contributed by atoms with van der Waals surface area (Å²) in [4.78, 5) is 58.5. The van der Waals surface area contributed by atoms with Gasteiger partial charge in [-0.15, -0.1) is 0 Å². The predicted molar refractivity (Wildman–Crippen MR) is 103 cm³/mol. The van der Waals surface area contributed by atoms with E-state index in [2.05, 4.69) is 28.6 Å². The van der Waals surface area contributed by atoms with Crippen molar-refractivity contribution >= 4 is 42.3 Å². The number of hydrogen-bond acceptors (Lipinski definition) is 7. The first-order valence-electron chi connectivity index (χ1n) is 8.66. The molecule has 0 aromatic heterocycles. The van der Waals surface area contributed by atoms with Gasteiger partial charge in [0.2, 0.25) is 17.7 Å². The molecule has 160 valence electrons. The summed E-state index contributed by atoms with van der Waals surface area (Å²) < 4.78 is 0. The van der Waals surface area contributed by atoms with Gasteiger partial charge in [-0.3, -0.25) is 19.2 Å². The van der Waals surface area contributed by atoms with Gasteiger partial charge in [-0.25, -0.2) is 4.79 Å². The lowest BCUT2D eigenvalue weighted by molar-refractivity contribution is -0.147. The molecule has 0 rings (SSSR count). The monoisotopic (exact) mass is 420 g/mol. The van der Waals surface area contributed by atoms with E-state index in [1.807, 2.05) is 0 Å². The fraction of sp³-hybridized carbons (Fsp3) is 0.688. The van der Waals surface area contributed by atoms with Gasteiger partial charge in [0.25, 0.3) is 0 Å². The van der Waals surface area contributed by atoms with Gasteiger partial charge in [-0.05, 0) is 12.8 Å². The van der Waals surface area contributed by atoms with E-state index in [4.69, 9.17) is 15.9 Å². The molecule has 0 saturated carbocycles. The zero-order chi connectivity index (χ0) is 22.0. The molecule has 0 aliphatic carbocycles. The highest BCUT2D eigenvalue weighted by Crippen LogP contribution is 2.09. The molecule has 12 heteroatoms. The number of amides is 3. The van der Waals surface area contributed by atoms with Crippen LogP contribution in [0, 0.1) is 5.92 Å². The van der Waals surface area contributed by atoms with Crippen LogP contribution in [0.25, 0.3) is 0 Å². The molecule has 7 N–H and O–H groups in total. The van der Waals surface area contributed by atoms with Crippen molar-refractivity contribution in [3.8, 4) is 0 Å². The Morgan fingerprint density at radius 1 is 0.964 bits per heavy atom. The van der Waals surface area contributed by atoms with Gasteiger partial charge in [0.1, 0.15) is 18.1 Å². The second-order valence-corrected chi connectivity index (χ2v) is 6.75. The molecular formula is C16H28N4O7S. The molecule has 0 radical (unpaired) electrons. The highest BCUT2D eigenvalue weighted by atomic mass is 32.1. The van der Waals surface area contributed by atoms with Crippen LogP contribution in [0.5, 0.6) is 0 Å². The number of rotatable bonds is 12. The second-order valence-electron chi connectivity index (χ2n) is 6.39. The Morgan fingerprint density at radius 2 is 1.54 bits per heavy atom. The molecule has 28 heavy (non-hydrogen) atoms. The van der Waals surface area contributed by atoms with E-state index in [9.17, 15) is 24.0 Å². The molecule has 0 aromatic carbocycles. The van der Waals surface area contributed by atoms with Crippen LogP contribution in [0.3, 0.4) is 0 Å². The maximum absolute atomic E-state index is 12.5. The third-order valence-electron chi connectivity index (χ3n) is 4.07. The third kappa shape index (κ3) is 8.57. The Hall–Kier alpha value is -2.34. The molecule has 0 fully saturated rings. The number of aliphatic carboxylic acids is 2. The topological polar surface area (TPSA) is 188 Å². The summed E-state index contributed by atoms with van der Waals surface area (Å²) in [6, 6.07) is -4.67. The average molecular weight is 420 g/mol. The summed E-state index contributed by atoms with van der Waals surface area (Å²) in [5.74, 6) is -5.30. The quantitative estimate of drug-likeness (QED) is 0.182. The smallest absolute Gasteiger partial charge is 0.326 e. The van der Waals surface area contributed by atoms with Gasteiger partial charge in [0.15, 0.2) is 0 Å². The third-order valence-corrected chi connectivity index (χ3v) is 4.47. The Morgan fingerprint density at radius 3 is 1.96 bits per heavy atom. The summed E-state index contributed by atoms with van der Waals surface area (Å²) in [7, 11) is 0. The number of nitrogens with two attached hydrogens (primary N) is 1. The van der Waals surface area contributed by atoms with Gasteiger partial charge in [-0.2, -0.15) is 12.6 Å². The number of nitrogens with one attached hydrogen (secondary N) is 3. The summed E-state index contributed by atoms with van der Waals surface area (Å²) in [6.45, 7) is 4.83. The lowest BCUT2D eigenvalue weighted by Crippen LogP contribution is -2.58. The van der Waals surface area contributed by atoms with Gasteiger partial charge in [-0.1, -0.05) is 20.3 Å². The summed E-state index contributed by atoms with van der Waals surface area (Å²) in [6.07, 6.45) is -0.337. The number of carboxylic acid groups (broad SMARTS) is 2. The van der Waals surface area contributed by atoms with Crippen molar-refractivity contribution in [2.24, 2.45) is 11.7 Å². The normalized spacial score (nSPS) is 16.0. The van der Waals surface area contributed by atoms with Gasteiger partial charge < -0.3 is 31.9 Å². The standard InChI is InChI=1S/C16H28N4O7S/c1-4-7(2)12(15(25)19-10(16(26)27)5-11(21)22)20-13(23)8(3)18-14(24)9(17)6-28/h7-10,12,28H,4-6,17H2,1-3H3,(H,18,24)(H,19,25)(H,20,23)(H,21,22)(H,26,27). The van der Waals surface area contributed by atoms with E-state index < -0.39 is 60.2 Å². The van der Waals surface area contributed by atoms with Gasteiger partial charge >= 0.3 is 11.9 Å². The highest BCUT2D eigenvalue weighted by molar-refractivity contribution is 7.80. The summed E-state index contributed by atoms with van der Waals surface area (Å²) in [5.41, 5.74) is 5.52. The van der Waals surface area contributed by atoms with Crippen LogP contribution >= 0.6 is 12.6 Å². The minimum atomic E-state index is -1.64. The molecule has 0 aromatic rings. The van der Waals surface area contributed by atoms with Crippen LogP contribution in [-0.2, 0) is 24.0 Å². The molecule has 11 nitrogen and oxygen atoms in total. The summed E-state index contributed by atoms with van der Waals surface area (Å²) in [5, 5.41) is 24.8. The van der Waals surface area contributed by atoms with Crippen LogP contribution in [0.2, 0.25) is 0 Å². The van der Waals surface area contributed by atoms with Crippen molar-refractivity contribution in [1.29, 1.82) is 0 Å². The average Bonchev–Trinajstić information content (AvgIpc) is 2.62. The lowest BCUT2D eigenvalue weighted by atomic mass is 9.97. The lowest BCUT2D eigenvalue weighted by Gasteiger charge is -2.26. The van der Waals surface area contributed by atoms with Crippen molar-refractivity contribution in [2.45, 2.75) is 57.8 Å². The fourth-order valence-corrected chi connectivity index (χ4v) is 2.25. The molecule has 3 amide bonds. The Labute approximate surface area is 168 Å². The molecule has 5 unspecified atom stereocenters. The first-order chi connectivity index (χ1) is 12.9. The van der Waals surface area contributed by atoms with E-state index in [-0.39, 0.29) is 11.7 Å². The van der Waals surface area contributed by atoms with E-state index in [1.165, 1.54) is 6.92 Å². The maximum atomic E-state index is 12.5. The molecular weight excluding hydrogens is 392 g/mol. The first-order valence-corrected chi connectivity index (χ1v) is 9.29. The maximum Gasteiger partial charge on any atom is 0.326 e. The number of carboxylic acids is 2. The van der Waals surface area contributed by atoms with E-state index in [0.717, 1.165) is 0 Å². The first kappa shape index (κ1) is 25.7. The fourth-order valence-electron chi connectivity index (χ4n) is 2.09. The van der Waals surface area contributed by atoms with Gasteiger partial charge in [0, 0.05) is 5.75 Å². The van der Waals surface area contributed by atoms with Crippen molar-refractivity contribution in [3.05, 3.63) is 0 Å². The van der Waals surface area contributed by atoms with Crippen molar-refractivity contribution in [1.82, 2.24) is 16.0 Å². The Kier molecular flexibility index (Phi) is 11.2. The minimum Gasteiger partial charge on any atom is -0.481 e. The number of hydrogen-bond donors (Lipinski definition) is 7. The molecule has 0 heterocycles. The van der Waals surface area contributed by atoms with Crippen LogP contribution in [-0.4, -0.2) is 69.8 Å².